The normalized spacial score (nSPS) is 19.2. The first kappa shape index (κ1) is 24.5. The molecule has 0 unspecified atom stereocenters. The van der Waals surface area contributed by atoms with Crippen molar-refractivity contribution < 1.29 is 9.53 Å². The zero-order valence-electron chi connectivity index (χ0n) is 19.9. The molecule has 0 aliphatic carbocycles. The number of aliphatic imine (C=N–C) groups is 1. The second-order valence-electron chi connectivity index (χ2n) is 9.05. The molecule has 1 aromatic carbocycles. The van der Waals surface area contributed by atoms with E-state index in [0.717, 1.165) is 83.8 Å². The number of rotatable bonds is 9. The Balaban J connectivity index is 1.32. The van der Waals surface area contributed by atoms with E-state index in [1.807, 2.05) is 4.90 Å². The van der Waals surface area contributed by atoms with E-state index in [9.17, 15) is 4.79 Å². The van der Waals surface area contributed by atoms with Crippen LogP contribution in [0.25, 0.3) is 0 Å². The van der Waals surface area contributed by atoms with Gasteiger partial charge in [-0.05, 0) is 50.0 Å². The highest BCUT2D eigenvalue weighted by Crippen LogP contribution is 2.21. The number of carbonyl (C=O) groups excluding carboxylic acids is 1. The largest absolute Gasteiger partial charge is 0.385 e. The summed E-state index contributed by atoms with van der Waals surface area (Å²) < 4.78 is 5.15. The van der Waals surface area contributed by atoms with Crippen LogP contribution in [0, 0.1) is 5.92 Å². The number of carbonyl (C=O) groups is 1. The van der Waals surface area contributed by atoms with Crippen molar-refractivity contribution in [3.8, 4) is 0 Å². The van der Waals surface area contributed by atoms with E-state index in [-0.39, 0.29) is 5.91 Å². The zero-order chi connectivity index (χ0) is 22.6. The van der Waals surface area contributed by atoms with Crippen LogP contribution in [0.2, 0.25) is 0 Å². The average molecular weight is 444 g/mol. The lowest BCUT2D eigenvalue weighted by molar-refractivity contribution is -0.131. The summed E-state index contributed by atoms with van der Waals surface area (Å²) in [5.74, 6) is 1.57. The van der Waals surface area contributed by atoms with Crippen LogP contribution in [0.4, 0.5) is 0 Å². The summed E-state index contributed by atoms with van der Waals surface area (Å²) >= 11 is 0. The molecule has 1 aromatic rings. The number of methoxy groups -OCH3 is 1. The van der Waals surface area contributed by atoms with E-state index in [1.165, 1.54) is 5.56 Å². The Morgan fingerprint density at radius 1 is 1.09 bits per heavy atom. The van der Waals surface area contributed by atoms with Crippen LogP contribution >= 0.6 is 0 Å². The number of ether oxygens (including phenoxy) is 1. The van der Waals surface area contributed by atoms with Crippen molar-refractivity contribution in [3.63, 3.8) is 0 Å². The van der Waals surface area contributed by atoms with Gasteiger partial charge in [0.2, 0.25) is 5.91 Å². The van der Waals surface area contributed by atoms with Crippen LogP contribution in [0.5, 0.6) is 0 Å². The summed E-state index contributed by atoms with van der Waals surface area (Å²) in [5.41, 5.74) is 1.40. The molecule has 0 spiro atoms. The number of benzene rings is 1. The summed E-state index contributed by atoms with van der Waals surface area (Å²) in [4.78, 5) is 21.5. The maximum Gasteiger partial charge on any atom is 0.241 e. The van der Waals surface area contributed by atoms with E-state index in [4.69, 9.17) is 4.74 Å². The molecule has 7 nitrogen and oxygen atoms in total. The third-order valence-electron chi connectivity index (χ3n) is 6.72. The van der Waals surface area contributed by atoms with Gasteiger partial charge in [0, 0.05) is 59.5 Å². The molecule has 0 bridgehead atoms. The smallest absolute Gasteiger partial charge is 0.241 e. The predicted octanol–water partition coefficient (Wildman–Crippen LogP) is 2.13. The zero-order valence-corrected chi connectivity index (χ0v) is 19.9. The molecule has 2 fully saturated rings. The maximum atomic E-state index is 12.7. The van der Waals surface area contributed by atoms with Crippen LogP contribution in [-0.4, -0.2) is 87.7 Å². The first-order valence-corrected chi connectivity index (χ1v) is 12.2. The van der Waals surface area contributed by atoms with Gasteiger partial charge in [0.1, 0.15) is 0 Å². The van der Waals surface area contributed by atoms with Crippen LogP contribution in [0.15, 0.2) is 35.3 Å². The summed E-state index contributed by atoms with van der Waals surface area (Å²) in [7, 11) is 3.53. The van der Waals surface area contributed by atoms with Gasteiger partial charge in [0.25, 0.3) is 0 Å². The van der Waals surface area contributed by atoms with Crippen molar-refractivity contribution in [2.45, 2.75) is 44.6 Å². The number of hydrogen-bond acceptors (Lipinski definition) is 4. The lowest BCUT2D eigenvalue weighted by atomic mass is 9.90. The number of guanidine groups is 1. The van der Waals surface area contributed by atoms with Crippen LogP contribution < -0.4 is 10.6 Å². The van der Waals surface area contributed by atoms with E-state index in [0.29, 0.717) is 18.5 Å². The number of nitrogens with one attached hydrogen (secondary N) is 2. The van der Waals surface area contributed by atoms with Gasteiger partial charge in [0.05, 0.1) is 6.54 Å². The van der Waals surface area contributed by atoms with Crippen molar-refractivity contribution in [1.82, 2.24) is 20.4 Å². The lowest BCUT2D eigenvalue weighted by Gasteiger charge is -2.34. The molecule has 3 rings (SSSR count). The van der Waals surface area contributed by atoms with Crippen molar-refractivity contribution in [3.05, 3.63) is 35.9 Å². The van der Waals surface area contributed by atoms with Gasteiger partial charge in [-0.25, -0.2) is 0 Å². The van der Waals surface area contributed by atoms with Crippen molar-refractivity contribution in [2.75, 3.05) is 60.0 Å². The minimum atomic E-state index is 0.166. The highest BCUT2D eigenvalue weighted by molar-refractivity contribution is 5.86. The topological polar surface area (TPSA) is 69.2 Å². The third kappa shape index (κ3) is 8.10. The maximum absolute atomic E-state index is 12.7. The number of amides is 1. The monoisotopic (exact) mass is 443 g/mol. The SMILES string of the molecule is CN=C(NCC(=O)N1CCC(Cc2ccccc2)CC1)NC1CCN(CCCOC)CC1. The predicted molar refractivity (Wildman–Crippen MR) is 130 cm³/mol. The molecule has 1 amide bonds. The van der Waals surface area contributed by atoms with Crippen molar-refractivity contribution in [1.29, 1.82) is 0 Å². The minimum absolute atomic E-state index is 0.166. The second-order valence-corrected chi connectivity index (χ2v) is 9.05. The van der Waals surface area contributed by atoms with Crippen molar-refractivity contribution >= 4 is 11.9 Å². The molecule has 0 aromatic heterocycles. The Kier molecular flexibility index (Phi) is 10.3. The van der Waals surface area contributed by atoms with E-state index in [2.05, 4.69) is 50.9 Å². The van der Waals surface area contributed by atoms with E-state index >= 15 is 0 Å². The van der Waals surface area contributed by atoms with Gasteiger partial charge in [-0.1, -0.05) is 30.3 Å². The Bertz CT molecular complexity index is 696. The molecule has 2 N–H and O–H groups in total. The fraction of sp³-hybridized carbons (Fsp3) is 0.680. The van der Waals surface area contributed by atoms with Gasteiger partial charge in [-0.15, -0.1) is 0 Å². The number of nitrogens with zero attached hydrogens (tertiary/aromatic N) is 3. The Hall–Kier alpha value is -2.12. The van der Waals surface area contributed by atoms with Gasteiger partial charge in [-0.3, -0.25) is 9.79 Å². The van der Waals surface area contributed by atoms with Crippen LogP contribution in [0.1, 0.15) is 37.7 Å². The van der Waals surface area contributed by atoms with Crippen LogP contribution in [0.3, 0.4) is 0 Å². The standard InChI is InChI=1S/C25H41N5O2/c1-26-25(28-23-11-14-29(15-12-23)13-6-18-32-2)27-20-24(31)30-16-9-22(10-17-30)19-21-7-4-3-5-8-21/h3-5,7-8,22-23H,6,9-20H2,1-2H3,(H2,26,27,28). The molecule has 32 heavy (non-hydrogen) atoms. The molecule has 0 radical (unpaired) electrons. The first-order valence-electron chi connectivity index (χ1n) is 12.2. The summed E-state index contributed by atoms with van der Waals surface area (Å²) in [6, 6.07) is 11.1. The minimum Gasteiger partial charge on any atom is -0.385 e. The fourth-order valence-corrected chi connectivity index (χ4v) is 4.73. The highest BCUT2D eigenvalue weighted by atomic mass is 16.5. The number of piperidine rings is 2. The second kappa shape index (κ2) is 13.4. The Morgan fingerprint density at radius 2 is 1.81 bits per heavy atom. The first-order chi connectivity index (χ1) is 15.7. The molecule has 7 heteroatoms. The van der Waals surface area contributed by atoms with E-state index in [1.54, 1.807) is 14.2 Å². The molecule has 178 valence electrons. The molecular weight excluding hydrogens is 402 g/mol. The molecule has 0 atom stereocenters. The molecular formula is C25H41N5O2. The number of likely N-dealkylation sites (tertiary alicyclic amines) is 2. The van der Waals surface area contributed by atoms with E-state index < -0.39 is 0 Å². The fourth-order valence-electron chi connectivity index (χ4n) is 4.73. The average Bonchev–Trinajstić information content (AvgIpc) is 2.84. The van der Waals surface area contributed by atoms with Gasteiger partial charge >= 0.3 is 0 Å². The van der Waals surface area contributed by atoms with Crippen molar-refractivity contribution in [2.24, 2.45) is 10.9 Å². The quantitative estimate of drug-likeness (QED) is 0.348. The highest BCUT2D eigenvalue weighted by Gasteiger charge is 2.24. The molecule has 2 saturated heterocycles. The van der Waals surface area contributed by atoms with Gasteiger partial charge in [0.15, 0.2) is 5.96 Å². The molecule has 2 aliphatic rings. The van der Waals surface area contributed by atoms with Gasteiger partial charge < -0.3 is 25.2 Å². The Morgan fingerprint density at radius 3 is 2.47 bits per heavy atom. The van der Waals surface area contributed by atoms with Crippen LogP contribution in [-0.2, 0) is 16.0 Å². The Labute approximate surface area is 193 Å². The van der Waals surface area contributed by atoms with Gasteiger partial charge in [-0.2, -0.15) is 0 Å². The molecule has 2 aliphatic heterocycles. The molecule has 2 heterocycles. The summed E-state index contributed by atoms with van der Waals surface area (Å²) in [5, 5.41) is 6.74. The number of hydrogen-bond donors (Lipinski definition) is 2. The molecule has 0 saturated carbocycles. The lowest BCUT2D eigenvalue weighted by Crippen LogP contribution is -2.51. The third-order valence-corrected chi connectivity index (χ3v) is 6.72. The summed E-state index contributed by atoms with van der Waals surface area (Å²) in [6.07, 6.45) is 6.55. The summed E-state index contributed by atoms with van der Waals surface area (Å²) in [6.45, 7) is 6.12.